The minimum atomic E-state index is -4.03. The lowest BCUT2D eigenvalue weighted by Gasteiger charge is -2.71. The van der Waals surface area contributed by atoms with Crippen LogP contribution in [0.5, 0.6) is 0 Å². The summed E-state index contributed by atoms with van der Waals surface area (Å²) >= 11 is 0. The Kier molecular flexibility index (Phi) is 12.4. The molecule has 1 amide bonds. The van der Waals surface area contributed by atoms with Crippen LogP contribution in [0.3, 0.4) is 0 Å². The van der Waals surface area contributed by atoms with E-state index in [1.165, 1.54) is 0 Å². The van der Waals surface area contributed by atoms with Crippen LogP contribution >= 0.6 is 0 Å². The van der Waals surface area contributed by atoms with Crippen molar-refractivity contribution >= 4 is 22.4 Å². The maximum atomic E-state index is 14.5. The van der Waals surface area contributed by atoms with E-state index in [1.54, 1.807) is 26.3 Å². The Labute approximate surface area is 367 Å². The minimum Gasteiger partial charge on any atom is -0.461 e. The Hall–Kier alpha value is -2.47. The van der Waals surface area contributed by atoms with Crippen LogP contribution in [0.25, 0.3) is 0 Å². The molecule has 342 valence electrons. The second-order valence-electron chi connectivity index (χ2n) is 22.9. The number of aliphatic hydroxyl groups is 1. The highest BCUT2D eigenvalue weighted by Crippen LogP contribution is 2.75. The van der Waals surface area contributed by atoms with Gasteiger partial charge >= 0.3 is 22.4 Å². The normalized spacial score (nSPS) is 40.3. The number of carbonyl (C=O) groups is 2. The van der Waals surface area contributed by atoms with Gasteiger partial charge in [-0.2, -0.15) is 12.7 Å². The van der Waals surface area contributed by atoms with E-state index in [4.69, 9.17) is 18.4 Å². The summed E-state index contributed by atoms with van der Waals surface area (Å²) in [4.78, 5) is 26.7. The van der Waals surface area contributed by atoms with Crippen molar-refractivity contribution in [3.63, 3.8) is 0 Å². The highest BCUT2D eigenvalue weighted by atomic mass is 32.2. The molecular weight excluding hydrogens is 791 g/mol. The summed E-state index contributed by atoms with van der Waals surface area (Å²) < 4.78 is 47.7. The van der Waals surface area contributed by atoms with E-state index in [1.807, 2.05) is 30.3 Å². The van der Waals surface area contributed by atoms with Crippen molar-refractivity contribution in [1.29, 1.82) is 0 Å². The fourth-order valence-electron chi connectivity index (χ4n) is 14.6. The number of esters is 1. The summed E-state index contributed by atoms with van der Waals surface area (Å²) in [6.07, 6.45) is 11.6. The average molecular weight is 868 g/mol. The Morgan fingerprint density at radius 2 is 1.61 bits per heavy atom. The molecule has 2 heterocycles. The zero-order valence-corrected chi connectivity index (χ0v) is 40.0. The minimum absolute atomic E-state index is 0.00338. The molecular formula is C50H77NO9S. The van der Waals surface area contributed by atoms with E-state index < -0.39 is 27.5 Å². The monoisotopic (exact) mass is 868 g/mol. The number of nitrogens with zero attached hydrogens (tertiary/aromatic N) is 1. The van der Waals surface area contributed by atoms with Gasteiger partial charge < -0.3 is 19.3 Å². The lowest BCUT2D eigenvalue weighted by atomic mass is 9.34. The fourth-order valence-corrected chi connectivity index (χ4v) is 16.0. The van der Waals surface area contributed by atoms with Crippen molar-refractivity contribution in [2.24, 2.45) is 62.6 Å². The maximum absolute atomic E-state index is 14.5. The van der Waals surface area contributed by atoms with Crippen LogP contribution in [0.2, 0.25) is 0 Å². The predicted molar refractivity (Wildman–Crippen MR) is 236 cm³/mol. The van der Waals surface area contributed by atoms with Crippen molar-refractivity contribution in [2.75, 3.05) is 19.8 Å². The van der Waals surface area contributed by atoms with Crippen molar-refractivity contribution in [2.45, 2.75) is 171 Å². The van der Waals surface area contributed by atoms with Crippen molar-refractivity contribution in [3.05, 3.63) is 47.5 Å². The highest BCUT2D eigenvalue weighted by molar-refractivity contribution is 7.85. The first-order valence-electron chi connectivity index (χ1n) is 23.5. The molecule has 4 saturated carbocycles. The third-order valence-electron chi connectivity index (χ3n) is 18.2. The second kappa shape index (κ2) is 16.2. The lowest BCUT2D eigenvalue weighted by Crippen LogP contribution is -2.68. The molecule has 61 heavy (non-hydrogen) atoms. The quantitative estimate of drug-likeness (QED) is 0.227. The van der Waals surface area contributed by atoms with Gasteiger partial charge in [0.25, 0.3) is 0 Å². The van der Waals surface area contributed by atoms with Gasteiger partial charge in [0, 0.05) is 10.8 Å². The largest absolute Gasteiger partial charge is 0.461 e. The number of hydrogen-bond donors (Lipinski definition) is 1. The molecule has 5 aliphatic carbocycles. The van der Waals surface area contributed by atoms with Crippen molar-refractivity contribution < 1.29 is 41.5 Å². The van der Waals surface area contributed by atoms with Gasteiger partial charge in [0.1, 0.15) is 12.2 Å². The number of benzene rings is 1. The van der Waals surface area contributed by atoms with Gasteiger partial charge in [-0.15, -0.1) is 0 Å². The van der Waals surface area contributed by atoms with Gasteiger partial charge in [-0.25, -0.2) is 4.79 Å². The zero-order chi connectivity index (χ0) is 44.6. The first-order valence-corrected chi connectivity index (χ1v) is 24.9. The van der Waals surface area contributed by atoms with E-state index in [0.29, 0.717) is 56.1 Å². The summed E-state index contributed by atoms with van der Waals surface area (Å²) in [5, 5.41) is 11.4. The number of allylic oxidation sites excluding steroid dienone is 1. The zero-order valence-electron chi connectivity index (χ0n) is 39.2. The molecule has 0 unspecified atom stereocenters. The van der Waals surface area contributed by atoms with Crippen LogP contribution in [-0.4, -0.2) is 67.0 Å². The molecule has 0 radical (unpaired) electrons. The molecule has 7 aliphatic rings. The number of amides is 1. The topological polar surface area (TPSA) is 129 Å². The van der Waals surface area contributed by atoms with Crippen molar-refractivity contribution in [1.82, 2.24) is 4.31 Å². The Morgan fingerprint density at radius 3 is 2.25 bits per heavy atom. The smallest absolute Gasteiger partial charge is 0.426 e. The third kappa shape index (κ3) is 7.62. The number of aliphatic hydroxyl groups excluding tert-OH is 1. The van der Waals surface area contributed by atoms with Crippen molar-refractivity contribution in [3.8, 4) is 0 Å². The number of rotatable bonds is 5. The average Bonchev–Trinajstić information content (AvgIpc) is 3.63. The molecule has 6 fully saturated rings. The molecule has 1 aromatic carbocycles. The molecule has 10 nitrogen and oxygen atoms in total. The number of fused-ring (bicyclic) bond motifs is 3. The van der Waals surface area contributed by atoms with Gasteiger partial charge in [-0.3, -0.25) is 8.98 Å². The summed E-state index contributed by atoms with van der Waals surface area (Å²) in [6, 6.07) is 10.1. The van der Waals surface area contributed by atoms with E-state index in [0.717, 1.165) is 67.8 Å². The molecule has 2 bridgehead atoms. The van der Waals surface area contributed by atoms with Crippen LogP contribution in [0.15, 0.2) is 42.0 Å². The Morgan fingerprint density at radius 1 is 0.934 bits per heavy atom. The molecule has 11 atom stereocenters. The maximum Gasteiger partial charge on any atom is 0.426 e. The van der Waals surface area contributed by atoms with Crippen LogP contribution in [0.4, 0.5) is 4.79 Å². The van der Waals surface area contributed by atoms with E-state index in [2.05, 4.69) is 61.5 Å². The number of hydrogen-bond acceptors (Lipinski definition) is 9. The SMILES string of the molecule is CC(C)(C)OC(=O)N1C2(CCCC2)CCOS1(=O)=O.CC(C)[C@@H](C)[C@@]1(C)CC[C@]2(C)[C@H]3CC[C@@H]4[C@@]5(COC[C@]4(C)[C@@H](O)[C@H](C)C5)C3=CC[C@@]2(C)[C@@H]1C(=O)OCc1ccccc1. The third-order valence-corrected chi connectivity index (χ3v) is 19.6. The molecule has 2 aliphatic heterocycles. The Balaban J connectivity index is 0.000000247. The molecule has 0 aromatic heterocycles. The summed E-state index contributed by atoms with van der Waals surface area (Å²) in [5.74, 6) is 1.88. The second-order valence-corrected chi connectivity index (χ2v) is 24.4. The first-order chi connectivity index (χ1) is 28.4. The number of ether oxygens (including phenoxy) is 3. The first kappa shape index (κ1) is 46.5. The van der Waals surface area contributed by atoms with Gasteiger partial charge in [0.2, 0.25) is 0 Å². The van der Waals surface area contributed by atoms with Crippen LogP contribution in [-0.2, 0) is 40.1 Å². The van der Waals surface area contributed by atoms with Gasteiger partial charge in [-0.1, -0.05) is 110 Å². The standard InChI is InChI=1S/C38H56O4.C12H21NO5S/c1-24(2)26(4)34(5)18-19-36(7)28-14-15-30-35(6)22-41-23-38(30,20-25(3)32(35)39)29(28)16-17-37(36,8)31(34)33(40)42-21-27-12-10-9-11-13-27;1-11(2,3)18-10(14)13-12(6-4-5-7-12)8-9-17-19(13,15)16/h9-13,16,24-26,28,30-32,39H,14-15,17-23H2,1-8H3;4-9H2,1-3H3/t25-,26-,28+,30+,31-,32+,34-,35+,36-,37+,38+;/m1./s1. The van der Waals surface area contributed by atoms with Crippen LogP contribution in [0, 0.1) is 62.6 Å². The van der Waals surface area contributed by atoms with E-state index in [-0.39, 0.29) is 57.6 Å². The highest BCUT2D eigenvalue weighted by Gasteiger charge is 2.71. The summed E-state index contributed by atoms with van der Waals surface area (Å²) in [7, 11) is -4.03. The summed E-state index contributed by atoms with van der Waals surface area (Å²) in [6.45, 7) is 26.0. The predicted octanol–water partition coefficient (Wildman–Crippen LogP) is 10.4. The molecule has 11 heteroatoms. The van der Waals surface area contributed by atoms with Gasteiger partial charge in [0.15, 0.2) is 0 Å². The molecule has 8 rings (SSSR count). The van der Waals surface area contributed by atoms with Gasteiger partial charge in [-0.05, 0) is 130 Å². The lowest BCUT2D eigenvalue weighted by molar-refractivity contribution is -0.241. The molecule has 1 N–H and O–H groups in total. The fraction of sp³-hybridized carbons (Fsp3) is 0.800. The van der Waals surface area contributed by atoms with E-state index in [9.17, 15) is 23.1 Å². The number of carbonyl (C=O) groups excluding carboxylic acids is 2. The summed E-state index contributed by atoms with van der Waals surface area (Å²) in [5.41, 5.74) is 0.768. The molecule has 1 spiro atoms. The molecule has 2 saturated heterocycles. The van der Waals surface area contributed by atoms with Crippen LogP contribution < -0.4 is 0 Å². The van der Waals surface area contributed by atoms with E-state index >= 15 is 0 Å². The van der Waals surface area contributed by atoms with Crippen LogP contribution in [0.1, 0.15) is 152 Å². The Bertz CT molecular complexity index is 1940. The van der Waals surface area contributed by atoms with Gasteiger partial charge in [0.05, 0.1) is 37.4 Å². The molecule has 1 aromatic rings.